The maximum Gasteiger partial charge on any atom is 0.293 e. The summed E-state index contributed by atoms with van der Waals surface area (Å²) in [7, 11) is 1.71. The van der Waals surface area contributed by atoms with E-state index in [0.717, 1.165) is 35.2 Å². The summed E-state index contributed by atoms with van der Waals surface area (Å²) < 4.78 is 9.38. The average molecular weight is 549 g/mol. The van der Waals surface area contributed by atoms with Gasteiger partial charge in [0.1, 0.15) is 6.10 Å². The number of nitrogens with one attached hydrogen (secondary N) is 2. The van der Waals surface area contributed by atoms with Crippen molar-refractivity contribution in [2.24, 2.45) is 7.05 Å². The number of halogens is 1. The lowest BCUT2D eigenvalue weighted by molar-refractivity contribution is 0.388. The maximum atomic E-state index is 12.8. The number of hydrogen-bond acceptors (Lipinski definition) is 7. The lowest BCUT2D eigenvalue weighted by atomic mass is 9.98. The Morgan fingerprint density at radius 1 is 1.24 bits per heavy atom. The van der Waals surface area contributed by atoms with Gasteiger partial charge in [0.05, 0.1) is 28.3 Å². The monoisotopic (exact) mass is 548 g/mol. The fraction of sp³-hybridized carbons (Fsp3) is 0.393. The van der Waals surface area contributed by atoms with E-state index in [1.165, 1.54) is 28.7 Å². The molecule has 2 N–H and O–H groups in total. The molecule has 4 unspecified atom stereocenters. The summed E-state index contributed by atoms with van der Waals surface area (Å²) in [5.74, 6) is 1.75. The quantitative estimate of drug-likeness (QED) is 0.263. The number of aryl methyl sites for hydroxylation is 3. The van der Waals surface area contributed by atoms with Crippen LogP contribution in [-0.2, 0) is 18.3 Å². The molecule has 2 bridgehead atoms. The van der Waals surface area contributed by atoms with E-state index in [4.69, 9.17) is 16.3 Å². The van der Waals surface area contributed by atoms with E-state index in [-0.39, 0.29) is 23.7 Å². The molecule has 0 amide bonds. The molecule has 0 radical (unpaired) electrons. The number of aromatic nitrogens is 4. The second-order valence-corrected chi connectivity index (χ2v) is 12.0. The van der Waals surface area contributed by atoms with Gasteiger partial charge in [-0.25, -0.2) is 4.98 Å². The average Bonchev–Trinajstić information content (AvgIpc) is 3.35. The van der Waals surface area contributed by atoms with Crippen LogP contribution in [0.1, 0.15) is 65.0 Å². The molecule has 4 aromatic rings. The van der Waals surface area contributed by atoms with Crippen LogP contribution in [0.3, 0.4) is 0 Å². The van der Waals surface area contributed by atoms with Gasteiger partial charge in [-0.3, -0.25) is 9.48 Å². The minimum atomic E-state index is -0.231. The molecule has 0 spiro atoms. The van der Waals surface area contributed by atoms with Gasteiger partial charge in [0.2, 0.25) is 0 Å². The van der Waals surface area contributed by atoms with E-state index in [9.17, 15) is 4.79 Å². The van der Waals surface area contributed by atoms with Gasteiger partial charge in [-0.1, -0.05) is 23.7 Å². The molecule has 1 aliphatic heterocycles. The number of hydrogen-bond donors (Lipinski definition) is 2. The molecule has 1 saturated carbocycles. The van der Waals surface area contributed by atoms with E-state index in [2.05, 4.69) is 26.8 Å². The van der Waals surface area contributed by atoms with Gasteiger partial charge in [-0.05, 0) is 62.1 Å². The zero-order valence-electron chi connectivity index (χ0n) is 21.5. The molecular weight excluding hydrogens is 520 g/mol. The highest BCUT2D eigenvalue weighted by atomic mass is 35.5. The number of nitrogens with zero attached hydrogens (tertiary/aromatic N) is 4. The number of thiophene rings is 1. The highest BCUT2D eigenvalue weighted by molar-refractivity contribution is 7.12. The largest absolute Gasteiger partial charge is 0.356 e. The first kappa shape index (κ1) is 23.9. The van der Waals surface area contributed by atoms with Crippen LogP contribution in [0, 0.1) is 6.92 Å². The predicted molar refractivity (Wildman–Crippen MR) is 151 cm³/mol. The predicted octanol–water partition coefficient (Wildman–Crippen LogP) is 6.30. The Labute approximate surface area is 229 Å². The van der Waals surface area contributed by atoms with Gasteiger partial charge < -0.3 is 19.9 Å². The summed E-state index contributed by atoms with van der Waals surface area (Å²) in [6.45, 7) is 4.77. The normalized spacial score (nSPS) is 23.1. The van der Waals surface area contributed by atoms with Gasteiger partial charge in [-0.2, -0.15) is 5.10 Å². The molecule has 8 nitrogen and oxygen atoms in total. The summed E-state index contributed by atoms with van der Waals surface area (Å²) in [5, 5.41) is 11.5. The molecule has 3 aliphatic rings. The highest BCUT2D eigenvalue weighted by Gasteiger charge is 2.46. The number of anilines is 3. The molecule has 1 aromatic carbocycles. The van der Waals surface area contributed by atoms with Gasteiger partial charge >= 0.3 is 0 Å². The molecule has 3 aromatic heterocycles. The minimum absolute atomic E-state index is 0.0552. The molecule has 10 heteroatoms. The zero-order valence-corrected chi connectivity index (χ0v) is 23.1. The molecule has 2 fully saturated rings. The molecule has 38 heavy (non-hydrogen) atoms. The lowest BCUT2D eigenvalue weighted by Gasteiger charge is -2.15. The van der Waals surface area contributed by atoms with Crippen molar-refractivity contribution in [2.45, 2.75) is 63.8 Å². The first-order valence-electron chi connectivity index (χ1n) is 13.1. The first-order chi connectivity index (χ1) is 18.4. The van der Waals surface area contributed by atoms with Crippen molar-refractivity contribution in [1.82, 2.24) is 19.3 Å². The van der Waals surface area contributed by atoms with Crippen LogP contribution in [0.5, 0.6) is 0 Å². The summed E-state index contributed by atoms with van der Waals surface area (Å²) in [4.78, 5) is 20.4. The van der Waals surface area contributed by atoms with Crippen molar-refractivity contribution in [1.29, 1.82) is 0 Å². The van der Waals surface area contributed by atoms with E-state index in [1.807, 2.05) is 43.5 Å². The van der Waals surface area contributed by atoms with Gasteiger partial charge in [-0.15, -0.1) is 11.3 Å². The van der Waals surface area contributed by atoms with Crippen molar-refractivity contribution in [3.05, 3.63) is 73.0 Å². The summed E-state index contributed by atoms with van der Waals surface area (Å²) >= 11 is 8.91. The van der Waals surface area contributed by atoms with Crippen molar-refractivity contribution in [3.8, 4) is 11.3 Å². The van der Waals surface area contributed by atoms with Gasteiger partial charge in [0.25, 0.3) is 5.56 Å². The fourth-order valence-electron chi connectivity index (χ4n) is 5.90. The van der Waals surface area contributed by atoms with Crippen molar-refractivity contribution in [2.75, 3.05) is 10.6 Å². The zero-order chi connectivity index (χ0) is 26.1. The molecule has 1 saturated heterocycles. The van der Waals surface area contributed by atoms with E-state index in [1.54, 1.807) is 34.6 Å². The standard InChI is InChI=1S/C28H29ClN6O2S/c1-4-35-12-17(11-30-35)31-26-28(36)34(3)13-20(32-26)18-8-5-14(2)23(22(18)29)33-27-24(37-27)21-10-19-15-6-7-16(9-15)25(19)38-21/h5,8,10-13,15-16,24,27,33H,4,6-7,9H2,1-3H3,(H,31,32). The Balaban J connectivity index is 1.15. The van der Waals surface area contributed by atoms with E-state index < -0.39 is 0 Å². The molecule has 7 rings (SSSR count). The van der Waals surface area contributed by atoms with Crippen LogP contribution < -0.4 is 16.2 Å². The number of ether oxygens (including phenoxy) is 1. The van der Waals surface area contributed by atoms with Crippen LogP contribution in [0.25, 0.3) is 11.3 Å². The first-order valence-corrected chi connectivity index (χ1v) is 14.3. The fourth-order valence-corrected chi connectivity index (χ4v) is 7.73. The molecule has 4 heterocycles. The van der Waals surface area contributed by atoms with Crippen molar-refractivity contribution >= 4 is 40.1 Å². The Morgan fingerprint density at radius 3 is 2.87 bits per heavy atom. The minimum Gasteiger partial charge on any atom is -0.356 e. The molecular formula is C28H29ClN6O2S. The van der Waals surface area contributed by atoms with Crippen LogP contribution in [0.2, 0.25) is 5.02 Å². The Hall–Kier alpha value is -3.14. The second-order valence-electron chi connectivity index (χ2n) is 10.5. The maximum absolute atomic E-state index is 12.8. The third kappa shape index (κ3) is 3.95. The lowest BCUT2D eigenvalue weighted by Crippen LogP contribution is -2.21. The molecule has 4 atom stereocenters. The van der Waals surface area contributed by atoms with Crippen LogP contribution >= 0.6 is 22.9 Å². The second kappa shape index (κ2) is 8.97. The van der Waals surface area contributed by atoms with Crippen LogP contribution in [0.15, 0.2) is 41.6 Å². The Bertz CT molecular complexity index is 1600. The Kier molecular flexibility index (Phi) is 5.65. The van der Waals surface area contributed by atoms with Crippen LogP contribution in [0.4, 0.5) is 17.2 Å². The van der Waals surface area contributed by atoms with E-state index >= 15 is 0 Å². The van der Waals surface area contributed by atoms with E-state index in [0.29, 0.717) is 16.4 Å². The number of epoxide rings is 1. The molecule has 2 aliphatic carbocycles. The smallest absolute Gasteiger partial charge is 0.293 e. The number of fused-ring (bicyclic) bond motifs is 5. The summed E-state index contributed by atoms with van der Waals surface area (Å²) in [6.07, 6.45) is 9.19. The molecule has 196 valence electrons. The van der Waals surface area contributed by atoms with Crippen molar-refractivity contribution < 1.29 is 4.74 Å². The third-order valence-corrected chi connectivity index (χ3v) is 9.80. The number of benzene rings is 1. The number of rotatable bonds is 7. The summed E-state index contributed by atoms with van der Waals surface area (Å²) in [5.41, 5.74) is 5.24. The third-order valence-electron chi connectivity index (χ3n) is 8.03. The topological polar surface area (TPSA) is 89.3 Å². The Morgan fingerprint density at radius 2 is 2.08 bits per heavy atom. The van der Waals surface area contributed by atoms with Gasteiger partial charge in [0.15, 0.2) is 12.0 Å². The van der Waals surface area contributed by atoms with Gasteiger partial charge in [0, 0.05) is 41.3 Å². The van der Waals surface area contributed by atoms with Crippen molar-refractivity contribution in [3.63, 3.8) is 0 Å². The SMILES string of the molecule is CCn1cc(Nc2nc(-c3ccc(C)c(NC4OC4c4cc5c(s4)C4CCC5C4)c3Cl)cn(C)c2=O)cn1. The van der Waals surface area contributed by atoms with Crippen LogP contribution in [-0.4, -0.2) is 25.6 Å². The summed E-state index contributed by atoms with van der Waals surface area (Å²) in [6, 6.07) is 6.34. The highest BCUT2D eigenvalue weighted by Crippen LogP contribution is 2.58.